The lowest BCUT2D eigenvalue weighted by Crippen LogP contribution is -2.40. The molecule has 0 bridgehead atoms. The van der Waals surface area contributed by atoms with Crippen LogP contribution in [0.5, 0.6) is 5.75 Å². The van der Waals surface area contributed by atoms with Crippen LogP contribution >= 0.6 is 0 Å². The van der Waals surface area contributed by atoms with Gasteiger partial charge in [0, 0.05) is 0 Å². The van der Waals surface area contributed by atoms with Crippen LogP contribution in [0.25, 0.3) is 0 Å². The van der Waals surface area contributed by atoms with Crippen LogP contribution in [0.15, 0.2) is 54.6 Å². The molecule has 2 aromatic carbocycles. The molecule has 2 aromatic rings. The fourth-order valence-electron chi connectivity index (χ4n) is 3.47. The van der Waals surface area contributed by atoms with Gasteiger partial charge in [0.05, 0.1) is 12.6 Å². The molecule has 1 saturated heterocycles. The summed E-state index contributed by atoms with van der Waals surface area (Å²) in [5.41, 5.74) is 2.34. The van der Waals surface area contributed by atoms with Crippen molar-refractivity contribution in [1.29, 1.82) is 0 Å². The van der Waals surface area contributed by atoms with Gasteiger partial charge in [-0.2, -0.15) is 0 Å². The Kier molecular flexibility index (Phi) is 6.93. The standard InChI is InChI=1S/C23H29NO4/c1-16(2)19(13-21(22-15-28-22)24-23(25)26)11-18-9-6-10-20(12-18)27-14-17-7-4-3-5-8-17/h3-10,12,16,19,21-22,24H,11,13-15H2,1-2H3,(H,25,26)/t19-,21?,22?/m0/s1. The van der Waals surface area contributed by atoms with Crippen molar-refractivity contribution in [2.75, 3.05) is 6.61 Å². The van der Waals surface area contributed by atoms with Crippen LogP contribution in [0.1, 0.15) is 31.4 Å². The van der Waals surface area contributed by atoms with E-state index < -0.39 is 6.09 Å². The highest BCUT2D eigenvalue weighted by molar-refractivity contribution is 5.65. The molecule has 5 heteroatoms. The molecule has 0 saturated carbocycles. The van der Waals surface area contributed by atoms with Gasteiger partial charge in [-0.25, -0.2) is 4.79 Å². The number of hydrogen-bond donors (Lipinski definition) is 2. The molecule has 0 spiro atoms. The summed E-state index contributed by atoms with van der Waals surface area (Å²) in [6.07, 6.45) is 0.672. The maximum absolute atomic E-state index is 11.1. The van der Waals surface area contributed by atoms with Gasteiger partial charge in [-0.05, 0) is 47.9 Å². The third kappa shape index (κ3) is 6.27. The molecule has 0 aliphatic carbocycles. The molecule has 28 heavy (non-hydrogen) atoms. The predicted octanol–water partition coefficient (Wildman–Crippen LogP) is 4.51. The van der Waals surface area contributed by atoms with Crippen LogP contribution in [-0.2, 0) is 17.8 Å². The highest BCUT2D eigenvalue weighted by Gasteiger charge is 2.36. The summed E-state index contributed by atoms with van der Waals surface area (Å²) in [4.78, 5) is 11.1. The van der Waals surface area contributed by atoms with Crippen molar-refractivity contribution in [3.8, 4) is 5.75 Å². The Balaban J connectivity index is 1.61. The molecular formula is C23H29NO4. The van der Waals surface area contributed by atoms with Crippen molar-refractivity contribution in [1.82, 2.24) is 5.32 Å². The number of benzene rings is 2. The van der Waals surface area contributed by atoms with E-state index in [1.165, 1.54) is 5.56 Å². The van der Waals surface area contributed by atoms with E-state index in [0.717, 1.165) is 24.2 Å². The normalized spacial score (nSPS) is 17.8. The van der Waals surface area contributed by atoms with Crippen LogP contribution in [0.3, 0.4) is 0 Å². The van der Waals surface area contributed by atoms with Gasteiger partial charge >= 0.3 is 6.09 Å². The summed E-state index contributed by atoms with van der Waals surface area (Å²) in [7, 11) is 0. The number of nitrogens with one attached hydrogen (secondary N) is 1. The highest BCUT2D eigenvalue weighted by atomic mass is 16.6. The molecule has 1 aliphatic heterocycles. The smallest absolute Gasteiger partial charge is 0.404 e. The average molecular weight is 383 g/mol. The van der Waals surface area contributed by atoms with Gasteiger partial charge in [-0.15, -0.1) is 0 Å². The first-order valence-electron chi connectivity index (χ1n) is 9.88. The Bertz CT molecular complexity index is 758. The summed E-state index contributed by atoms with van der Waals surface area (Å²) >= 11 is 0. The second kappa shape index (κ2) is 9.60. The molecule has 1 aliphatic rings. The van der Waals surface area contributed by atoms with E-state index in [4.69, 9.17) is 14.6 Å². The Morgan fingerprint density at radius 3 is 2.54 bits per heavy atom. The van der Waals surface area contributed by atoms with Crippen molar-refractivity contribution in [2.24, 2.45) is 11.8 Å². The number of epoxide rings is 1. The molecule has 1 amide bonds. The molecule has 0 radical (unpaired) electrons. The van der Waals surface area contributed by atoms with Crippen molar-refractivity contribution in [3.05, 3.63) is 65.7 Å². The number of hydrogen-bond acceptors (Lipinski definition) is 3. The Labute approximate surface area is 166 Å². The first-order chi connectivity index (χ1) is 13.5. The van der Waals surface area contributed by atoms with E-state index >= 15 is 0 Å². The molecule has 2 unspecified atom stereocenters. The monoisotopic (exact) mass is 383 g/mol. The fourth-order valence-corrected chi connectivity index (χ4v) is 3.47. The van der Waals surface area contributed by atoms with Gasteiger partial charge in [0.2, 0.25) is 0 Å². The number of amides is 1. The SMILES string of the molecule is CC(C)[C@@H](Cc1cccc(OCc2ccccc2)c1)CC(NC(=O)O)C1CO1. The quantitative estimate of drug-likeness (QED) is 0.593. The third-order valence-electron chi connectivity index (χ3n) is 5.26. The van der Waals surface area contributed by atoms with E-state index in [2.05, 4.69) is 31.3 Å². The van der Waals surface area contributed by atoms with Crippen LogP contribution < -0.4 is 10.1 Å². The average Bonchev–Trinajstić information content (AvgIpc) is 3.51. The number of ether oxygens (including phenoxy) is 2. The van der Waals surface area contributed by atoms with Crippen molar-refractivity contribution in [3.63, 3.8) is 0 Å². The Morgan fingerprint density at radius 1 is 1.18 bits per heavy atom. The van der Waals surface area contributed by atoms with Crippen LogP contribution in [0.2, 0.25) is 0 Å². The van der Waals surface area contributed by atoms with Crippen LogP contribution in [0, 0.1) is 11.8 Å². The molecule has 2 N–H and O–H groups in total. The maximum atomic E-state index is 11.1. The minimum absolute atomic E-state index is 0.0119. The second-order valence-corrected chi connectivity index (χ2v) is 7.79. The van der Waals surface area contributed by atoms with E-state index in [1.807, 2.05) is 42.5 Å². The lowest BCUT2D eigenvalue weighted by Gasteiger charge is -2.26. The van der Waals surface area contributed by atoms with Gasteiger partial charge in [0.15, 0.2) is 0 Å². The van der Waals surface area contributed by atoms with Crippen LogP contribution in [0.4, 0.5) is 4.79 Å². The zero-order valence-electron chi connectivity index (χ0n) is 16.5. The summed E-state index contributed by atoms with van der Waals surface area (Å²) < 4.78 is 11.3. The number of rotatable bonds is 10. The lowest BCUT2D eigenvalue weighted by atomic mass is 9.83. The number of carboxylic acid groups (broad SMARTS) is 1. The zero-order valence-corrected chi connectivity index (χ0v) is 16.5. The first kappa shape index (κ1) is 20.2. The summed E-state index contributed by atoms with van der Waals surface area (Å²) in [6, 6.07) is 18.2. The molecular weight excluding hydrogens is 354 g/mol. The van der Waals surface area contributed by atoms with Gasteiger partial charge < -0.3 is 19.9 Å². The molecule has 0 aromatic heterocycles. The fraction of sp³-hybridized carbons (Fsp3) is 0.435. The summed E-state index contributed by atoms with van der Waals surface area (Å²) in [5.74, 6) is 1.64. The van der Waals surface area contributed by atoms with Crippen molar-refractivity contribution >= 4 is 6.09 Å². The van der Waals surface area contributed by atoms with E-state index in [-0.39, 0.29) is 12.1 Å². The van der Waals surface area contributed by atoms with Crippen molar-refractivity contribution < 1.29 is 19.4 Å². The first-order valence-corrected chi connectivity index (χ1v) is 9.88. The maximum Gasteiger partial charge on any atom is 0.404 e. The van der Waals surface area contributed by atoms with Gasteiger partial charge in [-0.1, -0.05) is 56.3 Å². The molecule has 3 rings (SSSR count). The van der Waals surface area contributed by atoms with E-state index in [9.17, 15) is 4.79 Å². The summed E-state index contributed by atoms with van der Waals surface area (Å²) in [5, 5.41) is 11.7. The second-order valence-electron chi connectivity index (χ2n) is 7.79. The van der Waals surface area contributed by atoms with E-state index in [0.29, 0.717) is 25.0 Å². The Morgan fingerprint density at radius 2 is 1.89 bits per heavy atom. The highest BCUT2D eigenvalue weighted by Crippen LogP contribution is 2.28. The summed E-state index contributed by atoms with van der Waals surface area (Å²) in [6.45, 7) is 5.55. The van der Waals surface area contributed by atoms with Crippen LogP contribution in [-0.4, -0.2) is 30.0 Å². The molecule has 1 heterocycles. The van der Waals surface area contributed by atoms with Gasteiger partial charge in [0.25, 0.3) is 0 Å². The molecule has 3 atom stereocenters. The van der Waals surface area contributed by atoms with E-state index in [1.54, 1.807) is 0 Å². The topological polar surface area (TPSA) is 71.1 Å². The molecule has 1 fully saturated rings. The predicted molar refractivity (Wildman–Crippen MR) is 109 cm³/mol. The van der Waals surface area contributed by atoms with Gasteiger partial charge in [-0.3, -0.25) is 0 Å². The lowest BCUT2D eigenvalue weighted by molar-refractivity contribution is 0.179. The molecule has 5 nitrogen and oxygen atoms in total. The third-order valence-corrected chi connectivity index (χ3v) is 5.26. The molecule has 150 valence electrons. The minimum atomic E-state index is -0.987. The van der Waals surface area contributed by atoms with Crippen molar-refractivity contribution in [2.45, 2.75) is 45.4 Å². The minimum Gasteiger partial charge on any atom is -0.489 e. The largest absolute Gasteiger partial charge is 0.489 e. The van der Waals surface area contributed by atoms with Gasteiger partial charge in [0.1, 0.15) is 18.5 Å². The number of carbonyl (C=O) groups is 1. The Hall–Kier alpha value is -2.53. The zero-order chi connectivity index (χ0) is 19.9.